The molecule has 0 unspecified atom stereocenters. The summed E-state index contributed by atoms with van der Waals surface area (Å²) in [5, 5.41) is 2.83. The number of amides is 3. The monoisotopic (exact) mass is 396 g/mol. The number of thioether (sulfide) groups is 1. The van der Waals surface area contributed by atoms with E-state index >= 15 is 0 Å². The van der Waals surface area contributed by atoms with Gasteiger partial charge in [0.25, 0.3) is 11.1 Å². The third-order valence-electron chi connectivity index (χ3n) is 4.28. The number of carbonyl (C=O) groups is 3. The van der Waals surface area contributed by atoms with Crippen LogP contribution in [0.4, 0.5) is 4.79 Å². The molecule has 0 radical (unpaired) electrons. The summed E-state index contributed by atoms with van der Waals surface area (Å²) in [5.74, 6) is -0.117. The van der Waals surface area contributed by atoms with Gasteiger partial charge >= 0.3 is 0 Å². The molecule has 1 aromatic carbocycles. The van der Waals surface area contributed by atoms with Gasteiger partial charge in [-0.25, -0.2) is 0 Å². The van der Waals surface area contributed by atoms with Gasteiger partial charge in [0.15, 0.2) is 0 Å². The summed E-state index contributed by atoms with van der Waals surface area (Å²) in [6, 6.07) is 6.81. The van der Waals surface area contributed by atoms with Crippen LogP contribution in [0.5, 0.6) is 0 Å². The summed E-state index contributed by atoms with van der Waals surface area (Å²) in [5.41, 5.74) is 0.560. The van der Waals surface area contributed by atoms with Crippen molar-refractivity contribution in [3.63, 3.8) is 0 Å². The Morgan fingerprint density at radius 3 is 2.65 bits per heavy atom. The second-order valence-electron chi connectivity index (χ2n) is 5.73. The molecule has 2 fully saturated rings. The Balaban J connectivity index is 1.77. The minimum atomic E-state index is -0.231. The van der Waals surface area contributed by atoms with Crippen molar-refractivity contribution in [3.05, 3.63) is 34.3 Å². The number of imide groups is 1. The summed E-state index contributed by atoms with van der Waals surface area (Å²) < 4.78 is 0.730. The van der Waals surface area contributed by atoms with Gasteiger partial charge in [0.1, 0.15) is 0 Å². The zero-order valence-electron chi connectivity index (χ0n) is 12.5. The molecule has 2 atom stereocenters. The van der Waals surface area contributed by atoms with E-state index in [0.29, 0.717) is 5.56 Å². The molecule has 1 aromatic rings. The normalized spacial score (nSPS) is 24.8. The second kappa shape index (κ2) is 7.05. The molecule has 122 valence electrons. The Morgan fingerprint density at radius 1 is 1.22 bits per heavy atom. The highest BCUT2D eigenvalue weighted by molar-refractivity contribution is 9.10. The predicted octanol–water partition coefficient (Wildman–Crippen LogP) is 3.19. The predicted molar refractivity (Wildman–Crippen MR) is 92.4 cm³/mol. The fourth-order valence-electron chi connectivity index (χ4n) is 3.16. The van der Waals surface area contributed by atoms with Crippen molar-refractivity contribution in [1.29, 1.82) is 0 Å². The highest BCUT2D eigenvalue weighted by Crippen LogP contribution is 2.30. The van der Waals surface area contributed by atoms with E-state index in [-0.39, 0.29) is 34.9 Å². The number of benzene rings is 1. The molecule has 3 rings (SSSR count). The minimum absolute atomic E-state index is 0.146. The van der Waals surface area contributed by atoms with Crippen molar-refractivity contribution < 1.29 is 14.4 Å². The first-order valence-corrected chi connectivity index (χ1v) is 9.40. The van der Waals surface area contributed by atoms with Crippen LogP contribution in [0.1, 0.15) is 36.0 Å². The van der Waals surface area contributed by atoms with Gasteiger partial charge in [-0.15, -0.1) is 0 Å². The first kappa shape index (κ1) is 16.5. The van der Waals surface area contributed by atoms with E-state index in [9.17, 15) is 14.4 Å². The van der Waals surface area contributed by atoms with Crippen molar-refractivity contribution in [2.75, 3.05) is 5.75 Å². The zero-order valence-corrected chi connectivity index (χ0v) is 14.9. The van der Waals surface area contributed by atoms with Crippen LogP contribution in [0, 0.1) is 0 Å². The smallest absolute Gasteiger partial charge is 0.289 e. The number of halogens is 1. The van der Waals surface area contributed by atoms with Gasteiger partial charge in [-0.1, -0.05) is 36.7 Å². The maximum absolute atomic E-state index is 12.5. The number of rotatable bonds is 3. The van der Waals surface area contributed by atoms with Gasteiger partial charge in [-0.2, -0.15) is 0 Å². The number of carbonyl (C=O) groups excluding carboxylic acids is 3. The van der Waals surface area contributed by atoms with Crippen molar-refractivity contribution in [1.82, 2.24) is 10.2 Å². The minimum Gasteiger partial charge on any atom is -0.347 e. The molecule has 0 aromatic heterocycles. The Hall–Kier alpha value is -1.34. The van der Waals surface area contributed by atoms with Crippen LogP contribution >= 0.6 is 27.7 Å². The number of nitrogens with one attached hydrogen (secondary N) is 1. The van der Waals surface area contributed by atoms with Gasteiger partial charge in [0.2, 0.25) is 5.91 Å². The Morgan fingerprint density at radius 2 is 1.96 bits per heavy atom. The fourth-order valence-corrected chi connectivity index (χ4v) is 4.39. The van der Waals surface area contributed by atoms with Crippen LogP contribution in [0.25, 0.3) is 0 Å². The molecule has 2 aliphatic rings. The largest absolute Gasteiger partial charge is 0.347 e. The van der Waals surface area contributed by atoms with Crippen LogP contribution < -0.4 is 5.32 Å². The molecular formula is C16H17BrN2O3S. The summed E-state index contributed by atoms with van der Waals surface area (Å²) in [6.45, 7) is 0. The average molecular weight is 397 g/mol. The Labute approximate surface area is 147 Å². The Kier molecular flexibility index (Phi) is 5.06. The molecule has 7 heteroatoms. The van der Waals surface area contributed by atoms with E-state index in [1.807, 2.05) is 18.2 Å². The first-order valence-electron chi connectivity index (χ1n) is 7.62. The third-order valence-corrected chi connectivity index (χ3v) is 5.81. The third kappa shape index (κ3) is 3.45. The molecule has 1 saturated heterocycles. The van der Waals surface area contributed by atoms with E-state index < -0.39 is 0 Å². The van der Waals surface area contributed by atoms with E-state index in [2.05, 4.69) is 21.2 Å². The molecule has 1 saturated carbocycles. The molecular weight excluding hydrogens is 380 g/mol. The van der Waals surface area contributed by atoms with Crippen molar-refractivity contribution >= 4 is 44.7 Å². The lowest BCUT2D eigenvalue weighted by Crippen LogP contribution is -2.54. The van der Waals surface area contributed by atoms with Crippen LogP contribution in [0.15, 0.2) is 28.7 Å². The summed E-state index contributed by atoms with van der Waals surface area (Å²) >= 11 is 4.42. The van der Waals surface area contributed by atoms with E-state index in [1.165, 1.54) is 4.90 Å². The summed E-state index contributed by atoms with van der Waals surface area (Å²) in [6.07, 6.45) is 3.48. The lowest BCUT2D eigenvalue weighted by Gasteiger charge is -2.36. The van der Waals surface area contributed by atoms with Crippen LogP contribution in [-0.4, -0.2) is 39.8 Å². The van der Waals surface area contributed by atoms with Crippen LogP contribution in [-0.2, 0) is 4.79 Å². The van der Waals surface area contributed by atoms with Crippen molar-refractivity contribution in [3.8, 4) is 0 Å². The van der Waals surface area contributed by atoms with Gasteiger partial charge in [0.05, 0.1) is 23.4 Å². The van der Waals surface area contributed by atoms with E-state index in [1.54, 1.807) is 6.07 Å². The van der Waals surface area contributed by atoms with E-state index in [0.717, 1.165) is 41.9 Å². The lowest BCUT2D eigenvalue weighted by atomic mass is 9.89. The van der Waals surface area contributed by atoms with Crippen LogP contribution in [0.3, 0.4) is 0 Å². The molecule has 0 spiro atoms. The fraction of sp³-hybridized carbons (Fsp3) is 0.438. The van der Waals surface area contributed by atoms with Crippen LogP contribution in [0.2, 0.25) is 0 Å². The maximum atomic E-state index is 12.5. The molecule has 5 nitrogen and oxygen atoms in total. The number of hydrogen-bond acceptors (Lipinski definition) is 4. The van der Waals surface area contributed by atoms with E-state index in [4.69, 9.17) is 0 Å². The molecule has 0 bridgehead atoms. The summed E-state index contributed by atoms with van der Waals surface area (Å²) in [7, 11) is 0. The topological polar surface area (TPSA) is 66.5 Å². The summed E-state index contributed by atoms with van der Waals surface area (Å²) in [4.78, 5) is 37.9. The second-order valence-corrected chi connectivity index (χ2v) is 7.51. The highest BCUT2D eigenvalue weighted by atomic mass is 79.9. The van der Waals surface area contributed by atoms with Crippen molar-refractivity contribution in [2.24, 2.45) is 0 Å². The lowest BCUT2D eigenvalue weighted by molar-refractivity contribution is -0.127. The van der Waals surface area contributed by atoms with Gasteiger partial charge < -0.3 is 5.32 Å². The number of nitrogens with zero attached hydrogens (tertiary/aromatic N) is 1. The van der Waals surface area contributed by atoms with Gasteiger partial charge in [0, 0.05) is 4.47 Å². The number of hydrogen-bond donors (Lipinski definition) is 1. The molecule has 1 aliphatic heterocycles. The molecule has 1 N–H and O–H groups in total. The molecule has 3 amide bonds. The van der Waals surface area contributed by atoms with Crippen molar-refractivity contribution in [2.45, 2.75) is 37.8 Å². The average Bonchev–Trinajstić information content (AvgIpc) is 2.87. The van der Waals surface area contributed by atoms with Gasteiger partial charge in [-0.05, 0) is 40.9 Å². The maximum Gasteiger partial charge on any atom is 0.289 e. The standard InChI is InChI=1S/C16H17BrN2O3S/c17-11-6-2-1-5-10(11)15(21)18-12-7-3-4-8-13(12)19-14(20)9-23-16(19)22/h1-2,5-6,12-13H,3-4,7-9H2,(H,18,21)/t12-,13+/m1/s1. The quantitative estimate of drug-likeness (QED) is 0.851. The Bertz CT molecular complexity index is 636. The molecule has 1 aliphatic carbocycles. The van der Waals surface area contributed by atoms with Gasteiger partial charge in [-0.3, -0.25) is 19.3 Å². The highest BCUT2D eigenvalue weighted by Gasteiger charge is 2.41. The molecule has 1 heterocycles. The SMILES string of the molecule is O=C(N[C@@H]1CCCC[C@@H]1N1C(=O)CSC1=O)c1ccccc1Br. The first-order chi connectivity index (χ1) is 11.1. The molecule has 23 heavy (non-hydrogen) atoms. The zero-order chi connectivity index (χ0) is 16.4.